The van der Waals surface area contributed by atoms with Crippen LogP contribution >= 0.6 is 23.2 Å². The molecule has 1 N–H and O–H groups in total. The van der Waals surface area contributed by atoms with Crippen molar-refractivity contribution < 1.29 is 9.90 Å². The number of benzene rings is 1. The van der Waals surface area contributed by atoms with Crippen LogP contribution in [0.25, 0.3) is 0 Å². The van der Waals surface area contributed by atoms with E-state index in [2.05, 4.69) is 30.2 Å². The van der Waals surface area contributed by atoms with Gasteiger partial charge in [-0.25, -0.2) is 0 Å². The number of aryl methyl sites for hydroxylation is 1. The molecule has 3 aliphatic rings. The van der Waals surface area contributed by atoms with Crippen LogP contribution in [0.4, 0.5) is 0 Å². The summed E-state index contributed by atoms with van der Waals surface area (Å²) in [7, 11) is 0. The molecule has 1 aromatic heterocycles. The molecule has 5 rings (SSSR count). The van der Waals surface area contributed by atoms with Crippen molar-refractivity contribution in [2.75, 3.05) is 6.54 Å². The number of carbonyl (C=O) groups is 1. The molecule has 0 spiro atoms. The maximum Gasteiger partial charge on any atom is 0.276 e. The molecule has 0 fully saturated rings. The Morgan fingerprint density at radius 1 is 1.24 bits per heavy atom. The van der Waals surface area contributed by atoms with Crippen LogP contribution in [-0.4, -0.2) is 38.3 Å². The Hall–Kier alpha value is -2.57. The average Bonchev–Trinajstić information content (AvgIpc) is 2.89. The molecular weight excluding hydrogens is 473 g/mol. The summed E-state index contributed by atoms with van der Waals surface area (Å²) >= 11 is 12.9. The summed E-state index contributed by atoms with van der Waals surface area (Å²) in [4.78, 5) is 27.3. The molecule has 4 unspecified atom stereocenters. The van der Waals surface area contributed by atoms with Crippen molar-refractivity contribution in [2.45, 2.75) is 51.6 Å². The molecule has 1 aromatic carbocycles. The van der Waals surface area contributed by atoms with Crippen LogP contribution in [0.5, 0.6) is 5.75 Å². The molecule has 0 radical (unpaired) electrons. The third kappa shape index (κ3) is 3.59. The number of halogens is 2. The van der Waals surface area contributed by atoms with Crippen molar-refractivity contribution in [1.82, 2.24) is 14.7 Å². The standard InChI is InChI=1S/C26H27Cl2N3O3/c1-14(2)30-13-20(31-23(25(30)34)24(33)21(32)12-29-31)22-18-6-4-16(27)10-15(18)8-9-26(3)11-17(28)5-7-19(22)26/h4-7,10-12,14,19-20,22,33H,8-9,13H2,1-3H3. The molecule has 6 nitrogen and oxygen atoms in total. The van der Waals surface area contributed by atoms with Gasteiger partial charge in [0.2, 0.25) is 5.43 Å². The van der Waals surface area contributed by atoms with Crippen LogP contribution in [0.1, 0.15) is 60.8 Å². The molecule has 8 heteroatoms. The molecular formula is C26H27Cl2N3O3. The van der Waals surface area contributed by atoms with Crippen molar-refractivity contribution >= 4 is 29.1 Å². The van der Waals surface area contributed by atoms with E-state index in [4.69, 9.17) is 23.2 Å². The zero-order valence-electron chi connectivity index (χ0n) is 19.3. The SMILES string of the molecule is CC(C)N1CC(C2c3ccc(Cl)cc3CCC3(C)C=C(Cl)C=CC23)n2ncc(=O)c(O)c2C1=O. The van der Waals surface area contributed by atoms with Gasteiger partial charge in [-0.3, -0.25) is 14.3 Å². The Kier molecular flexibility index (Phi) is 5.64. The molecule has 0 saturated carbocycles. The minimum absolute atomic E-state index is 0.0488. The highest BCUT2D eigenvalue weighted by Gasteiger charge is 2.48. The summed E-state index contributed by atoms with van der Waals surface area (Å²) in [5.41, 5.74) is 1.36. The molecule has 2 aromatic rings. The molecule has 0 saturated heterocycles. The topological polar surface area (TPSA) is 75.4 Å². The first-order valence-electron chi connectivity index (χ1n) is 11.6. The van der Waals surface area contributed by atoms with Crippen molar-refractivity contribution in [3.63, 3.8) is 0 Å². The van der Waals surface area contributed by atoms with E-state index in [1.807, 2.05) is 32.1 Å². The lowest BCUT2D eigenvalue weighted by Gasteiger charge is -2.46. The quantitative estimate of drug-likeness (QED) is 0.626. The van der Waals surface area contributed by atoms with Crippen LogP contribution in [0.3, 0.4) is 0 Å². The van der Waals surface area contributed by atoms with Gasteiger partial charge in [0.25, 0.3) is 5.91 Å². The Morgan fingerprint density at radius 2 is 2.00 bits per heavy atom. The maximum absolute atomic E-state index is 13.3. The number of aromatic nitrogens is 2. The predicted molar refractivity (Wildman–Crippen MR) is 133 cm³/mol. The minimum Gasteiger partial charge on any atom is -0.502 e. The number of carbonyl (C=O) groups excluding carboxylic acids is 1. The van der Waals surface area contributed by atoms with Crippen LogP contribution < -0.4 is 5.43 Å². The van der Waals surface area contributed by atoms with E-state index in [0.29, 0.717) is 16.6 Å². The molecule has 1 aliphatic heterocycles. The van der Waals surface area contributed by atoms with Gasteiger partial charge in [-0.2, -0.15) is 5.10 Å². The van der Waals surface area contributed by atoms with Gasteiger partial charge in [0, 0.05) is 28.6 Å². The third-order valence-electron chi connectivity index (χ3n) is 7.66. The van der Waals surface area contributed by atoms with Gasteiger partial charge in [-0.1, -0.05) is 48.3 Å². The van der Waals surface area contributed by atoms with Crippen LogP contribution in [-0.2, 0) is 6.42 Å². The van der Waals surface area contributed by atoms with Gasteiger partial charge < -0.3 is 10.0 Å². The number of fused-ring (bicyclic) bond motifs is 3. The number of allylic oxidation sites excluding steroid dienone is 4. The molecule has 2 aliphatic carbocycles. The monoisotopic (exact) mass is 499 g/mol. The second-order valence-corrected chi connectivity index (χ2v) is 10.9. The predicted octanol–water partition coefficient (Wildman–Crippen LogP) is 5.05. The van der Waals surface area contributed by atoms with Crippen LogP contribution in [0.15, 0.2) is 52.5 Å². The molecule has 1 amide bonds. The van der Waals surface area contributed by atoms with Gasteiger partial charge in [0.15, 0.2) is 11.4 Å². The average molecular weight is 500 g/mol. The summed E-state index contributed by atoms with van der Waals surface area (Å²) in [6.07, 6.45) is 9.05. The van der Waals surface area contributed by atoms with Gasteiger partial charge in [0.1, 0.15) is 0 Å². The first-order valence-corrected chi connectivity index (χ1v) is 12.3. The van der Waals surface area contributed by atoms with Gasteiger partial charge in [0.05, 0.1) is 12.2 Å². The Morgan fingerprint density at radius 3 is 2.74 bits per heavy atom. The first-order chi connectivity index (χ1) is 16.1. The number of amides is 1. The molecule has 178 valence electrons. The zero-order chi connectivity index (χ0) is 24.4. The van der Waals surface area contributed by atoms with E-state index in [-0.39, 0.29) is 40.9 Å². The van der Waals surface area contributed by atoms with Crippen molar-refractivity contribution in [1.29, 1.82) is 0 Å². The fourth-order valence-corrected chi connectivity index (χ4v) is 6.44. The molecule has 0 bridgehead atoms. The number of aromatic hydroxyl groups is 1. The molecule has 34 heavy (non-hydrogen) atoms. The Labute approximate surface area is 208 Å². The Bertz CT molecular complexity index is 1300. The van der Waals surface area contributed by atoms with E-state index in [9.17, 15) is 14.7 Å². The minimum atomic E-state index is -0.658. The highest BCUT2D eigenvalue weighted by Crippen LogP contribution is 2.54. The molecule has 2 heterocycles. The smallest absolute Gasteiger partial charge is 0.276 e. The van der Waals surface area contributed by atoms with E-state index < -0.39 is 11.2 Å². The fourth-order valence-electron chi connectivity index (χ4n) is 5.92. The van der Waals surface area contributed by atoms with Gasteiger partial charge in [-0.15, -0.1) is 0 Å². The lowest BCUT2D eigenvalue weighted by molar-refractivity contribution is 0.0525. The number of hydrogen-bond acceptors (Lipinski definition) is 4. The third-order valence-corrected chi connectivity index (χ3v) is 8.13. The van der Waals surface area contributed by atoms with E-state index in [1.54, 1.807) is 9.58 Å². The zero-order valence-corrected chi connectivity index (χ0v) is 20.8. The van der Waals surface area contributed by atoms with Gasteiger partial charge >= 0.3 is 0 Å². The van der Waals surface area contributed by atoms with Crippen LogP contribution in [0.2, 0.25) is 5.02 Å². The lowest BCUT2D eigenvalue weighted by atomic mass is 9.64. The summed E-state index contributed by atoms with van der Waals surface area (Å²) < 4.78 is 1.57. The molecule has 4 atom stereocenters. The van der Waals surface area contributed by atoms with E-state index >= 15 is 0 Å². The fraction of sp³-hybridized carbons (Fsp3) is 0.423. The van der Waals surface area contributed by atoms with Crippen LogP contribution in [0, 0.1) is 11.3 Å². The van der Waals surface area contributed by atoms with E-state index in [0.717, 1.165) is 30.2 Å². The van der Waals surface area contributed by atoms with Crippen molar-refractivity contribution in [2.24, 2.45) is 11.3 Å². The maximum atomic E-state index is 13.3. The summed E-state index contributed by atoms with van der Waals surface area (Å²) in [5.74, 6) is -0.977. The summed E-state index contributed by atoms with van der Waals surface area (Å²) in [6.45, 7) is 6.49. The highest BCUT2D eigenvalue weighted by atomic mass is 35.5. The normalized spacial score (nSPS) is 28.2. The Balaban J connectivity index is 1.77. The lowest BCUT2D eigenvalue weighted by Crippen LogP contribution is -2.51. The van der Waals surface area contributed by atoms with Crippen molar-refractivity contribution in [3.05, 3.63) is 79.7 Å². The number of hydrogen-bond donors (Lipinski definition) is 1. The van der Waals surface area contributed by atoms with E-state index in [1.165, 1.54) is 0 Å². The second kappa shape index (κ2) is 8.28. The van der Waals surface area contributed by atoms with Gasteiger partial charge in [-0.05, 0) is 67.4 Å². The number of rotatable bonds is 2. The first kappa shape index (κ1) is 23.2. The van der Waals surface area contributed by atoms with Crippen molar-refractivity contribution in [3.8, 4) is 5.75 Å². The second-order valence-electron chi connectivity index (χ2n) is 10.1. The summed E-state index contributed by atoms with van der Waals surface area (Å²) in [6, 6.07) is 5.57. The highest BCUT2D eigenvalue weighted by molar-refractivity contribution is 6.31. The number of nitrogens with zero attached hydrogens (tertiary/aromatic N) is 3. The largest absolute Gasteiger partial charge is 0.502 e. The summed E-state index contributed by atoms with van der Waals surface area (Å²) in [5, 5.41) is 16.4.